The van der Waals surface area contributed by atoms with Crippen LogP contribution in [0, 0.1) is 0 Å². The van der Waals surface area contributed by atoms with E-state index in [0.29, 0.717) is 22.4 Å². The molecule has 256 valence electrons. The fourth-order valence-corrected chi connectivity index (χ4v) is 7.54. The highest BCUT2D eigenvalue weighted by Crippen LogP contribution is 2.55. The number of benzene rings is 3. The third-order valence-electron chi connectivity index (χ3n) is 9.47. The number of nitrogens with zero attached hydrogens (tertiary/aromatic N) is 1. The van der Waals surface area contributed by atoms with Crippen molar-refractivity contribution in [2.75, 3.05) is 18.1 Å². The van der Waals surface area contributed by atoms with Crippen molar-refractivity contribution in [3.8, 4) is 5.75 Å². The van der Waals surface area contributed by atoms with Gasteiger partial charge in [0, 0.05) is 16.7 Å². The number of hydrogen-bond donors (Lipinski definition) is 1. The van der Waals surface area contributed by atoms with Crippen LogP contribution in [0.25, 0.3) is 0 Å². The van der Waals surface area contributed by atoms with Crippen LogP contribution >= 0.6 is 22.6 Å². The van der Waals surface area contributed by atoms with E-state index in [1.165, 1.54) is 0 Å². The first-order valence-electron chi connectivity index (χ1n) is 15.6. The molecule has 0 unspecified atom stereocenters. The average molecular weight is 791 g/mol. The highest BCUT2D eigenvalue weighted by Gasteiger charge is 2.70. The Bertz CT molecular complexity index is 1770. The molecule has 8 nitrogen and oxygen atoms in total. The van der Waals surface area contributed by atoms with E-state index >= 15 is 8.78 Å². The van der Waals surface area contributed by atoms with Crippen LogP contribution in [-0.2, 0) is 19.5 Å². The molecule has 0 spiro atoms. The SMILES string of the molecule is COc1ccc(C(O[C@H]2C(F)(F)[C@H](n3ccc(=O)[nH]c3=O)O[C@]2(CI)CO[Si](C)(C)C(C)(C)C)(c2ccccc2)c2ccccc2)cc1. The third kappa shape index (κ3) is 6.57. The summed E-state index contributed by atoms with van der Waals surface area (Å²) >= 11 is 2.03. The number of alkyl halides is 3. The minimum atomic E-state index is -3.80. The molecule has 5 rings (SSSR count). The summed E-state index contributed by atoms with van der Waals surface area (Å²) in [6.07, 6.45) is -3.03. The number of methoxy groups -OCH3 is 1. The first-order valence-corrected chi connectivity index (χ1v) is 20.1. The van der Waals surface area contributed by atoms with Crippen molar-refractivity contribution in [1.82, 2.24) is 9.55 Å². The van der Waals surface area contributed by atoms with Crippen LogP contribution in [0.1, 0.15) is 43.7 Å². The second-order valence-electron chi connectivity index (χ2n) is 13.5. The van der Waals surface area contributed by atoms with Gasteiger partial charge in [-0.3, -0.25) is 14.3 Å². The zero-order valence-corrected chi connectivity index (χ0v) is 31.0. The lowest BCUT2D eigenvalue weighted by Gasteiger charge is -2.44. The third-order valence-corrected chi connectivity index (χ3v) is 15.2. The molecular weight excluding hydrogens is 749 g/mol. The van der Waals surface area contributed by atoms with E-state index in [1.54, 1.807) is 31.4 Å². The Balaban J connectivity index is 1.78. The van der Waals surface area contributed by atoms with Crippen molar-refractivity contribution in [3.05, 3.63) is 135 Å². The second-order valence-corrected chi connectivity index (χ2v) is 19.1. The van der Waals surface area contributed by atoms with Crippen LogP contribution in [0.5, 0.6) is 5.75 Å². The van der Waals surface area contributed by atoms with E-state index in [2.05, 4.69) is 25.8 Å². The summed E-state index contributed by atoms with van der Waals surface area (Å²) in [4.78, 5) is 27.0. The topological polar surface area (TPSA) is 91.8 Å². The van der Waals surface area contributed by atoms with Crippen molar-refractivity contribution in [2.24, 2.45) is 0 Å². The molecule has 0 bridgehead atoms. The van der Waals surface area contributed by atoms with Crippen LogP contribution in [0.15, 0.2) is 107 Å². The van der Waals surface area contributed by atoms with Crippen LogP contribution < -0.4 is 16.0 Å². The Hall–Kier alpha value is -3.17. The minimum Gasteiger partial charge on any atom is -0.497 e. The first-order chi connectivity index (χ1) is 22.6. The Morgan fingerprint density at radius 2 is 1.44 bits per heavy atom. The summed E-state index contributed by atoms with van der Waals surface area (Å²) in [6, 6.07) is 26.5. The smallest absolute Gasteiger partial charge is 0.330 e. The summed E-state index contributed by atoms with van der Waals surface area (Å²) in [5.74, 6) is -3.21. The molecule has 4 aromatic rings. The first kappa shape index (κ1) is 36.1. The van der Waals surface area contributed by atoms with Gasteiger partial charge in [-0.15, -0.1) is 0 Å². The molecule has 1 saturated heterocycles. The van der Waals surface area contributed by atoms with Crippen LogP contribution in [0.3, 0.4) is 0 Å². The number of nitrogens with one attached hydrogen (secondary N) is 1. The van der Waals surface area contributed by atoms with E-state index in [-0.39, 0.29) is 16.1 Å². The minimum absolute atomic E-state index is 0.0382. The quantitative estimate of drug-likeness (QED) is 0.0744. The van der Waals surface area contributed by atoms with Gasteiger partial charge in [-0.1, -0.05) is 116 Å². The molecule has 12 heteroatoms. The van der Waals surface area contributed by atoms with Crippen LogP contribution in [0.4, 0.5) is 8.78 Å². The number of rotatable bonds is 11. The number of aromatic nitrogens is 2. The largest absolute Gasteiger partial charge is 0.497 e. The highest BCUT2D eigenvalue weighted by molar-refractivity contribution is 14.1. The molecule has 0 saturated carbocycles. The molecule has 1 aliphatic heterocycles. The second kappa shape index (κ2) is 13.6. The van der Waals surface area contributed by atoms with Crippen molar-refractivity contribution in [1.29, 1.82) is 0 Å². The number of hydrogen-bond acceptors (Lipinski definition) is 6. The van der Waals surface area contributed by atoms with E-state index < -0.39 is 49.0 Å². The molecule has 1 N–H and O–H groups in total. The zero-order valence-electron chi connectivity index (χ0n) is 27.8. The van der Waals surface area contributed by atoms with E-state index in [9.17, 15) is 9.59 Å². The van der Waals surface area contributed by atoms with Gasteiger partial charge in [0.25, 0.3) is 5.56 Å². The molecular formula is C36H41F2IN2O6Si. The number of aromatic amines is 1. The maximum atomic E-state index is 17.4. The molecule has 3 atom stereocenters. The lowest BCUT2D eigenvalue weighted by Crippen LogP contribution is -2.57. The Labute approximate surface area is 293 Å². The molecule has 0 aliphatic carbocycles. The molecule has 48 heavy (non-hydrogen) atoms. The van der Waals surface area contributed by atoms with Gasteiger partial charge < -0.3 is 18.6 Å². The monoisotopic (exact) mass is 790 g/mol. The molecule has 0 radical (unpaired) electrons. The normalized spacial score (nSPS) is 21.3. The molecule has 1 aromatic heterocycles. The van der Waals surface area contributed by atoms with Crippen molar-refractivity contribution in [3.63, 3.8) is 0 Å². The average Bonchev–Trinajstić information content (AvgIpc) is 3.28. The van der Waals surface area contributed by atoms with Gasteiger partial charge >= 0.3 is 11.6 Å². The van der Waals surface area contributed by atoms with Gasteiger partial charge in [-0.25, -0.2) is 4.79 Å². The summed E-state index contributed by atoms with van der Waals surface area (Å²) in [5.41, 5.74) is -3.25. The van der Waals surface area contributed by atoms with Gasteiger partial charge in [0.15, 0.2) is 14.4 Å². The Morgan fingerprint density at radius 3 is 1.92 bits per heavy atom. The van der Waals surface area contributed by atoms with Crippen LogP contribution in [-0.4, -0.2) is 53.6 Å². The highest BCUT2D eigenvalue weighted by atomic mass is 127. The Morgan fingerprint density at radius 1 is 0.896 bits per heavy atom. The van der Waals surface area contributed by atoms with E-state index in [1.807, 2.05) is 96.3 Å². The maximum Gasteiger partial charge on any atom is 0.330 e. The molecule has 2 heterocycles. The molecule has 1 aliphatic rings. The van der Waals surface area contributed by atoms with Crippen molar-refractivity contribution < 1.29 is 27.4 Å². The van der Waals surface area contributed by atoms with Gasteiger partial charge in [0.05, 0.1) is 13.7 Å². The molecule has 1 fully saturated rings. The summed E-state index contributed by atoms with van der Waals surface area (Å²) < 4.78 is 61.0. The zero-order chi connectivity index (χ0) is 35.0. The number of H-pyrrole nitrogens is 1. The van der Waals surface area contributed by atoms with Gasteiger partial charge in [-0.2, -0.15) is 8.78 Å². The van der Waals surface area contributed by atoms with E-state index in [0.717, 1.165) is 16.8 Å². The number of halogens is 3. The van der Waals surface area contributed by atoms with Gasteiger partial charge in [0.1, 0.15) is 17.0 Å². The lowest BCUT2D eigenvalue weighted by molar-refractivity contribution is -0.187. The lowest BCUT2D eigenvalue weighted by atomic mass is 9.79. The van der Waals surface area contributed by atoms with Crippen molar-refractivity contribution >= 4 is 30.9 Å². The fourth-order valence-electron chi connectivity index (χ4n) is 5.70. The fraction of sp³-hybridized carbons (Fsp3) is 0.389. The summed E-state index contributed by atoms with van der Waals surface area (Å²) in [5, 5.41) is -0.229. The Kier molecular flexibility index (Phi) is 10.2. The van der Waals surface area contributed by atoms with Crippen molar-refractivity contribution in [2.45, 2.75) is 68.4 Å². The van der Waals surface area contributed by atoms with Gasteiger partial charge in [0.2, 0.25) is 6.23 Å². The summed E-state index contributed by atoms with van der Waals surface area (Å²) in [6.45, 7) is 10.1. The van der Waals surface area contributed by atoms with Gasteiger partial charge in [-0.05, 0) is 47.0 Å². The van der Waals surface area contributed by atoms with Crippen LogP contribution in [0.2, 0.25) is 18.1 Å². The predicted molar refractivity (Wildman–Crippen MR) is 192 cm³/mol. The predicted octanol–water partition coefficient (Wildman–Crippen LogP) is 7.28. The molecule has 3 aromatic carbocycles. The molecule has 0 amide bonds. The van der Waals surface area contributed by atoms with E-state index in [4.69, 9.17) is 18.6 Å². The summed E-state index contributed by atoms with van der Waals surface area (Å²) in [7, 11) is -0.951. The standard InChI is InChI=1S/C36H41F2IN2O6Si/c1-33(2,3)48(5,6)45-24-34(23-39)30(36(37,38)31(47-34)41-22-21-29(42)40-32(41)43)46-35(25-13-9-7-10-14-25,26-15-11-8-12-16-26)27-17-19-28(44-4)20-18-27/h7-22,30-31H,23-24H2,1-6H3,(H,40,42,43)/t30-,31-,34-/m1/s1. The number of ether oxygens (including phenoxy) is 3. The maximum absolute atomic E-state index is 17.4.